The number of likely N-dealkylation sites (tertiary alicyclic amines) is 1. The second kappa shape index (κ2) is 13.7. The van der Waals surface area contributed by atoms with Gasteiger partial charge in [0.1, 0.15) is 18.0 Å². The molecule has 0 saturated carbocycles. The van der Waals surface area contributed by atoms with Crippen molar-refractivity contribution in [1.82, 2.24) is 4.90 Å². The molecule has 1 amide bonds. The molecule has 3 atom stereocenters. The highest BCUT2D eigenvalue weighted by Crippen LogP contribution is 2.55. The van der Waals surface area contributed by atoms with E-state index in [0.29, 0.717) is 38.6 Å². The first-order chi connectivity index (χ1) is 15.8. The number of unbranched alkanes of at least 4 members (excludes halogenated alkanes) is 2. The lowest BCUT2D eigenvalue weighted by Crippen LogP contribution is -2.42. The van der Waals surface area contributed by atoms with Gasteiger partial charge in [-0.3, -0.25) is 14.2 Å². The molecule has 8 heteroatoms. The van der Waals surface area contributed by atoms with Gasteiger partial charge in [-0.1, -0.05) is 50.1 Å². The SMILES string of the molecule is CCCCCC(=O)CC(CCc1ccccc1)P(=O)(CC(=O)N1CCC[C@H]1C(=O)O)OCC. The summed E-state index contributed by atoms with van der Waals surface area (Å²) in [6.45, 7) is 4.31. The van der Waals surface area contributed by atoms with Crippen LogP contribution in [0.3, 0.4) is 0 Å². The Kier molecular flexibility index (Phi) is 11.3. The maximum atomic E-state index is 14.1. The number of aryl methyl sites for hydroxylation is 1. The molecule has 1 fully saturated rings. The quantitative estimate of drug-likeness (QED) is 0.283. The van der Waals surface area contributed by atoms with Gasteiger partial charge in [0, 0.05) is 25.0 Å². The number of Topliss-reactive ketones (excluding diaryl/α,β-unsaturated/α-hetero) is 1. The number of ketones is 1. The van der Waals surface area contributed by atoms with Crippen LogP contribution < -0.4 is 0 Å². The first-order valence-electron chi connectivity index (χ1n) is 12.1. The van der Waals surface area contributed by atoms with Crippen molar-refractivity contribution < 1.29 is 28.6 Å². The molecule has 184 valence electrons. The molecule has 1 heterocycles. The molecule has 7 nitrogen and oxygen atoms in total. The lowest BCUT2D eigenvalue weighted by molar-refractivity contribution is -0.147. The Morgan fingerprint density at radius 1 is 1.18 bits per heavy atom. The summed E-state index contributed by atoms with van der Waals surface area (Å²) in [7, 11) is -3.53. The molecule has 0 radical (unpaired) electrons. The van der Waals surface area contributed by atoms with Crippen LogP contribution in [0, 0.1) is 0 Å². The van der Waals surface area contributed by atoms with Gasteiger partial charge in [0.15, 0.2) is 0 Å². The number of carboxylic acids is 1. The topological polar surface area (TPSA) is 101 Å². The van der Waals surface area contributed by atoms with E-state index in [0.717, 1.165) is 24.8 Å². The summed E-state index contributed by atoms with van der Waals surface area (Å²) in [5, 5.41) is 9.44. The van der Waals surface area contributed by atoms with E-state index in [2.05, 4.69) is 6.92 Å². The number of carbonyl (C=O) groups is 3. The van der Waals surface area contributed by atoms with Crippen LogP contribution in [0.2, 0.25) is 0 Å². The Morgan fingerprint density at radius 2 is 1.91 bits per heavy atom. The van der Waals surface area contributed by atoms with Crippen LogP contribution in [0.1, 0.15) is 70.8 Å². The van der Waals surface area contributed by atoms with Crippen molar-refractivity contribution in [3.63, 3.8) is 0 Å². The van der Waals surface area contributed by atoms with Crippen molar-refractivity contribution in [2.75, 3.05) is 19.3 Å². The van der Waals surface area contributed by atoms with E-state index < -0.39 is 30.9 Å². The van der Waals surface area contributed by atoms with E-state index in [-0.39, 0.29) is 25.0 Å². The van der Waals surface area contributed by atoms with Crippen LogP contribution >= 0.6 is 7.37 Å². The monoisotopic (exact) mass is 479 g/mol. The second-order valence-corrected chi connectivity index (χ2v) is 11.5. The van der Waals surface area contributed by atoms with Gasteiger partial charge in [-0.15, -0.1) is 0 Å². The fraction of sp³-hybridized carbons (Fsp3) is 0.640. The molecule has 1 saturated heterocycles. The number of rotatable bonds is 15. The predicted octanol–water partition coefficient (Wildman–Crippen LogP) is 4.92. The molecule has 2 rings (SSSR count). The van der Waals surface area contributed by atoms with Crippen LogP contribution in [0.5, 0.6) is 0 Å². The zero-order chi connectivity index (χ0) is 24.3. The fourth-order valence-electron chi connectivity index (χ4n) is 4.45. The lowest BCUT2D eigenvalue weighted by atomic mass is 10.0. The van der Waals surface area contributed by atoms with E-state index in [4.69, 9.17) is 4.52 Å². The Bertz CT molecular complexity index is 827. The normalized spacial score (nSPS) is 18.6. The van der Waals surface area contributed by atoms with Crippen LogP contribution in [-0.2, 0) is 29.9 Å². The lowest BCUT2D eigenvalue weighted by Gasteiger charge is -2.29. The number of benzene rings is 1. The molecule has 1 aromatic carbocycles. The second-order valence-electron chi connectivity index (χ2n) is 8.76. The minimum absolute atomic E-state index is 0.0403. The molecule has 33 heavy (non-hydrogen) atoms. The van der Waals surface area contributed by atoms with E-state index in [1.165, 1.54) is 4.90 Å². The fourth-order valence-corrected chi connectivity index (χ4v) is 7.01. The number of carbonyl (C=O) groups excluding carboxylic acids is 2. The van der Waals surface area contributed by atoms with Gasteiger partial charge in [0.2, 0.25) is 13.3 Å². The highest BCUT2D eigenvalue weighted by molar-refractivity contribution is 7.60. The number of hydrogen-bond acceptors (Lipinski definition) is 5. The Hall–Kier alpha value is -1.98. The summed E-state index contributed by atoms with van der Waals surface area (Å²) in [5.74, 6) is -1.46. The molecular weight excluding hydrogens is 441 g/mol. The smallest absolute Gasteiger partial charge is 0.326 e. The Balaban J connectivity index is 2.20. The molecule has 1 aliphatic heterocycles. The molecule has 0 bridgehead atoms. The van der Waals surface area contributed by atoms with Gasteiger partial charge in [0.05, 0.1) is 6.61 Å². The summed E-state index contributed by atoms with van der Waals surface area (Å²) in [4.78, 5) is 38.6. The van der Waals surface area contributed by atoms with Gasteiger partial charge < -0.3 is 14.5 Å². The van der Waals surface area contributed by atoms with Crippen LogP contribution in [0.15, 0.2) is 30.3 Å². The zero-order valence-corrected chi connectivity index (χ0v) is 20.8. The van der Waals surface area contributed by atoms with Crippen LogP contribution in [0.25, 0.3) is 0 Å². The van der Waals surface area contributed by atoms with E-state index >= 15 is 0 Å². The number of nitrogens with zero attached hydrogens (tertiary/aromatic N) is 1. The van der Waals surface area contributed by atoms with Crippen molar-refractivity contribution in [3.05, 3.63) is 35.9 Å². The largest absolute Gasteiger partial charge is 0.480 e. The summed E-state index contributed by atoms with van der Waals surface area (Å²) < 4.78 is 19.8. The molecule has 2 unspecified atom stereocenters. The van der Waals surface area contributed by atoms with Crippen LogP contribution in [0.4, 0.5) is 0 Å². The molecule has 0 aromatic heterocycles. The number of amides is 1. The average molecular weight is 480 g/mol. The van der Waals surface area contributed by atoms with Crippen molar-refractivity contribution in [2.24, 2.45) is 0 Å². The number of aliphatic carboxylic acids is 1. The van der Waals surface area contributed by atoms with Gasteiger partial charge in [-0.25, -0.2) is 4.79 Å². The van der Waals surface area contributed by atoms with E-state index in [1.54, 1.807) is 6.92 Å². The zero-order valence-electron chi connectivity index (χ0n) is 19.9. The number of carboxylic acid groups (broad SMARTS) is 1. The molecule has 1 aliphatic rings. The first-order valence-corrected chi connectivity index (χ1v) is 14.0. The maximum absolute atomic E-state index is 14.1. The third-order valence-electron chi connectivity index (χ3n) is 6.25. The van der Waals surface area contributed by atoms with Gasteiger partial charge >= 0.3 is 5.97 Å². The summed E-state index contributed by atoms with van der Waals surface area (Å²) >= 11 is 0. The molecule has 0 aliphatic carbocycles. The average Bonchev–Trinajstić information content (AvgIpc) is 3.28. The molecular formula is C25H38NO6P. The third-order valence-corrected chi connectivity index (χ3v) is 9.21. The van der Waals surface area contributed by atoms with Crippen LogP contribution in [-0.4, -0.2) is 58.7 Å². The third kappa shape index (κ3) is 8.38. The van der Waals surface area contributed by atoms with Crippen molar-refractivity contribution in [3.8, 4) is 0 Å². The van der Waals surface area contributed by atoms with E-state index in [9.17, 15) is 24.1 Å². The summed E-state index contributed by atoms with van der Waals surface area (Å²) in [6.07, 6.45) is 5.06. The van der Waals surface area contributed by atoms with Crippen molar-refractivity contribution in [2.45, 2.75) is 83.3 Å². The standard InChI is InChI=1S/C25H38NO6P/c1-3-5-7-13-21(27)18-22(16-15-20-11-8-6-9-12-20)33(31,32-4-2)19-24(28)26-17-10-14-23(26)25(29)30/h6,8-9,11-12,22-23H,3-5,7,10,13-19H2,1-2H3,(H,29,30)/t22?,23-,33?/m0/s1. The maximum Gasteiger partial charge on any atom is 0.326 e. The van der Waals surface area contributed by atoms with Crippen molar-refractivity contribution in [1.29, 1.82) is 0 Å². The Labute approximate surface area is 197 Å². The molecule has 1 aromatic rings. The van der Waals surface area contributed by atoms with Gasteiger partial charge in [-0.2, -0.15) is 0 Å². The molecule has 1 N–H and O–H groups in total. The minimum atomic E-state index is -3.53. The van der Waals surface area contributed by atoms with Gasteiger partial charge in [0.25, 0.3) is 0 Å². The summed E-state index contributed by atoms with van der Waals surface area (Å²) in [5.41, 5.74) is 0.502. The van der Waals surface area contributed by atoms with Crippen molar-refractivity contribution >= 4 is 25.0 Å². The number of hydrogen-bond donors (Lipinski definition) is 1. The highest BCUT2D eigenvalue weighted by atomic mass is 31.2. The predicted molar refractivity (Wildman–Crippen MR) is 129 cm³/mol. The highest BCUT2D eigenvalue weighted by Gasteiger charge is 2.41. The first kappa shape index (κ1) is 27.3. The molecule has 0 spiro atoms. The van der Waals surface area contributed by atoms with Gasteiger partial charge in [-0.05, 0) is 44.6 Å². The summed E-state index contributed by atoms with van der Waals surface area (Å²) in [6, 6.07) is 8.89. The Morgan fingerprint density at radius 3 is 2.55 bits per heavy atom. The van der Waals surface area contributed by atoms with E-state index in [1.807, 2.05) is 30.3 Å². The minimum Gasteiger partial charge on any atom is -0.480 e.